The monoisotopic (exact) mass is 260 g/mol. The smallest absolute Gasteiger partial charge is 0.0368 e. The summed E-state index contributed by atoms with van der Waals surface area (Å²) in [4.78, 5) is 2.57. The summed E-state index contributed by atoms with van der Waals surface area (Å²) in [5, 5.41) is 3.50. The van der Waals surface area contributed by atoms with Crippen LogP contribution in [0.25, 0.3) is 0 Å². The molecular weight excluding hydrogens is 232 g/mol. The standard InChI is InChI=1S/C17H28N2/c1-4-11-19(17-9-10-17)16-7-5-15(6-8-16)13-18-12-14(2)3/h5-8,14,17-18H,4,9-13H2,1-3H3. The molecule has 0 unspecified atom stereocenters. The molecule has 1 saturated carbocycles. The van der Waals surface area contributed by atoms with Crippen molar-refractivity contribution >= 4 is 5.69 Å². The summed E-state index contributed by atoms with van der Waals surface area (Å²) in [6.45, 7) is 10.0. The number of anilines is 1. The van der Waals surface area contributed by atoms with E-state index in [1.54, 1.807) is 0 Å². The Morgan fingerprint density at radius 3 is 2.42 bits per heavy atom. The third-order valence-corrected chi connectivity index (χ3v) is 3.60. The summed E-state index contributed by atoms with van der Waals surface area (Å²) in [7, 11) is 0. The zero-order valence-corrected chi connectivity index (χ0v) is 12.7. The predicted molar refractivity (Wildman–Crippen MR) is 83.6 cm³/mol. The van der Waals surface area contributed by atoms with Crippen molar-refractivity contribution in [3.63, 3.8) is 0 Å². The molecule has 0 radical (unpaired) electrons. The van der Waals surface area contributed by atoms with E-state index in [4.69, 9.17) is 0 Å². The molecular formula is C17H28N2. The minimum Gasteiger partial charge on any atom is -0.369 e. The third-order valence-electron chi connectivity index (χ3n) is 3.60. The lowest BCUT2D eigenvalue weighted by Crippen LogP contribution is -2.26. The van der Waals surface area contributed by atoms with Crippen molar-refractivity contribution in [2.45, 2.75) is 52.6 Å². The summed E-state index contributed by atoms with van der Waals surface area (Å²) >= 11 is 0. The van der Waals surface area contributed by atoms with E-state index in [0.717, 1.165) is 19.1 Å². The second-order valence-electron chi connectivity index (χ2n) is 6.12. The van der Waals surface area contributed by atoms with E-state index in [2.05, 4.69) is 55.3 Å². The molecule has 1 aliphatic rings. The van der Waals surface area contributed by atoms with E-state index in [9.17, 15) is 0 Å². The van der Waals surface area contributed by atoms with Crippen LogP contribution in [0.1, 0.15) is 45.6 Å². The van der Waals surface area contributed by atoms with E-state index < -0.39 is 0 Å². The van der Waals surface area contributed by atoms with Gasteiger partial charge in [-0.2, -0.15) is 0 Å². The molecule has 0 aromatic heterocycles. The average molecular weight is 260 g/mol. The lowest BCUT2D eigenvalue weighted by Gasteiger charge is -2.24. The van der Waals surface area contributed by atoms with Gasteiger partial charge in [0.2, 0.25) is 0 Å². The molecule has 1 aromatic carbocycles. The van der Waals surface area contributed by atoms with E-state index in [1.807, 2.05) is 0 Å². The first-order chi connectivity index (χ1) is 9.20. The molecule has 0 atom stereocenters. The minimum atomic E-state index is 0.717. The van der Waals surface area contributed by atoms with E-state index in [1.165, 1.54) is 37.1 Å². The van der Waals surface area contributed by atoms with E-state index in [-0.39, 0.29) is 0 Å². The minimum absolute atomic E-state index is 0.717. The quantitative estimate of drug-likeness (QED) is 0.764. The molecule has 19 heavy (non-hydrogen) atoms. The summed E-state index contributed by atoms with van der Waals surface area (Å²) in [5.41, 5.74) is 2.79. The first-order valence-electron chi connectivity index (χ1n) is 7.77. The highest BCUT2D eigenvalue weighted by atomic mass is 15.2. The molecule has 2 heteroatoms. The molecule has 1 aromatic rings. The lowest BCUT2D eigenvalue weighted by molar-refractivity contribution is 0.552. The summed E-state index contributed by atoms with van der Waals surface area (Å²) in [5.74, 6) is 0.717. The number of rotatable bonds is 8. The van der Waals surface area contributed by atoms with Gasteiger partial charge in [-0.25, -0.2) is 0 Å². The normalized spacial score (nSPS) is 14.9. The Morgan fingerprint density at radius 1 is 1.21 bits per heavy atom. The fraction of sp³-hybridized carbons (Fsp3) is 0.647. The first-order valence-corrected chi connectivity index (χ1v) is 7.77. The Kier molecular flexibility index (Phi) is 5.26. The lowest BCUT2D eigenvalue weighted by atomic mass is 10.1. The van der Waals surface area contributed by atoms with Gasteiger partial charge in [0.1, 0.15) is 0 Å². The van der Waals surface area contributed by atoms with Crippen LogP contribution < -0.4 is 10.2 Å². The number of nitrogens with one attached hydrogen (secondary N) is 1. The SMILES string of the molecule is CCCN(c1ccc(CNCC(C)C)cc1)C1CC1. The Labute approximate surface area is 118 Å². The first kappa shape index (κ1) is 14.4. The Balaban J connectivity index is 1.89. The van der Waals surface area contributed by atoms with Gasteiger partial charge in [0.05, 0.1) is 0 Å². The predicted octanol–water partition coefficient (Wildman–Crippen LogP) is 3.81. The molecule has 106 valence electrons. The van der Waals surface area contributed by atoms with Crippen LogP contribution >= 0.6 is 0 Å². The summed E-state index contributed by atoms with van der Waals surface area (Å²) in [6, 6.07) is 9.94. The van der Waals surface area contributed by atoms with Crippen molar-refractivity contribution in [2.75, 3.05) is 18.0 Å². The van der Waals surface area contributed by atoms with Crippen LogP contribution in [0.2, 0.25) is 0 Å². The number of benzene rings is 1. The van der Waals surface area contributed by atoms with Crippen LogP contribution in [0.5, 0.6) is 0 Å². The molecule has 1 N–H and O–H groups in total. The molecule has 0 amide bonds. The van der Waals surface area contributed by atoms with Crippen molar-refractivity contribution in [3.8, 4) is 0 Å². The number of hydrogen-bond acceptors (Lipinski definition) is 2. The fourth-order valence-electron chi connectivity index (χ4n) is 2.46. The molecule has 2 rings (SSSR count). The van der Waals surface area contributed by atoms with Gasteiger partial charge in [-0.05, 0) is 49.4 Å². The Bertz CT molecular complexity index is 365. The molecule has 2 nitrogen and oxygen atoms in total. The van der Waals surface area contributed by atoms with Crippen LogP contribution in [0.3, 0.4) is 0 Å². The van der Waals surface area contributed by atoms with Gasteiger partial charge in [0.25, 0.3) is 0 Å². The second-order valence-corrected chi connectivity index (χ2v) is 6.12. The third kappa shape index (κ3) is 4.54. The molecule has 0 bridgehead atoms. The summed E-state index contributed by atoms with van der Waals surface area (Å²) < 4.78 is 0. The fourth-order valence-corrected chi connectivity index (χ4v) is 2.46. The topological polar surface area (TPSA) is 15.3 Å². The van der Waals surface area contributed by atoms with Gasteiger partial charge in [-0.3, -0.25) is 0 Å². The van der Waals surface area contributed by atoms with Crippen molar-refractivity contribution in [3.05, 3.63) is 29.8 Å². The van der Waals surface area contributed by atoms with Crippen molar-refractivity contribution in [1.29, 1.82) is 0 Å². The number of hydrogen-bond donors (Lipinski definition) is 1. The zero-order chi connectivity index (χ0) is 13.7. The maximum absolute atomic E-state index is 3.50. The van der Waals surface area contributed by atoms with Crippen LogP contribution in [-0.2, 0) is 6.54 Å². The molecule has 0 spiro atoms. The zero-order valence-electron chi connectivity index (χ0n) is 12.7. The highest BCUT2D eigenvalue weighted by molar-refractivity contribution is 5.49. The van der Waals surface area contributed by atoms with Crippen LogP contribution in [0, 0.1) is 5.92 Å². The Hall–Kier alpha value is -1.02. The van der Waals surface area contributed by atoms with E-state index in [0.29, 0.717) is 5.92 Å². The highest BCUT2D eigenvalue weighted by Gasteiger charge is 2.28. The summed E-state index contributed by atoms with van der Waals surface area (Å²) in [6.07, 6.45) is 3.98. The largest absolute Gasteiger partial charge is 0.369 e. The van der Waals surface area contributed by atoms with Gasteiger partial charge in [0, 0.05) is 24.8 Å². The highest BCUT2D eigenvalue weighted by Crippen LogP contribution is 2.31. The maximum atomic E-state index is 3.50. The Morgan fingerprint density at radius 2 is 1.89 bits per heavy atom. The van der Waals surface area contributed by atoms with Gasteiger partial charge >= 0.3 is 0 Å². The van der Waals surface area contributed by atoms with Crippen molar-refractivity contribution in [2.24, 2.45) is 5.92 Å². The van der Waals surface area contributed by atoms with Gasteiger partial charge in [0.15, 0.2) is 0 Å². The van der Waals surface area contributed by atoms with Crippen LogP contribution in [0.15, 0.2) is 24.3 Å². The van der Waals surface area contributed by atoms with Crippen molar-refractivity contribution in [1.82, 2.24) is 5.32 Å². The molecule has 0 saturated heterocycles. The molecule has 0 heterocycles. The van der Waals surface area contributed by atoms with Crippen molar-refractivity contribution < 1.29 is 0 Å². The van der Waals surface area contributed by atoms with Gasteiger partial charge < -0.3 is 10.2 Å². The molecule has 0 aliphatic heterocycles. The number of nitrogens with zero attached hydrogens (tertiary/aromatic N) is 1. The van der Waals surface area contributed by atoms with Gasteiger partial charge in [-0.1, -0.05) is 32.9 Å². The maximum Gasteiger partial charge on any atom is 0.0368 e. The average Bonchev–Trinajstić information content (AvgIpc) is 3.21. The van der Waals surface area contributed by atoms with Gasteiger partial charge in [-0.15, -0.1) is 0 Å². The van der Waals surface area contributed by atoms with E-state index >= 15 is 0 Å². The molecule has 1 aliphatic carbocycles. The molecule has 1 fully saturated rings. The van der Waals surface area contributed by atoms with Crippen LogP contribution in [0.4, 0.5) is 5.69 Å². The second kappa shape index (κ2) is 6.95. The van der Waals surface area contributed by atoms with Crippen LogP contribution in [-0.4, -0.2) is 19.1 Å².